The van der Waals surface area contributed by atoms with E-state index in [1.54, 1.807) is 6.42 Å². The van der Waals surface area contributed by atoms with Crippen molar-refractivity contribution in [3.05, 3.63) is 6.42 Å². The molecule has 2 atom stereocenters. The van der Waals surface area contributed by atoms with Crippen LogP contribution in [0.4, 0.5) is 0 Å². The summed E-state index contributed by atoms with van der Waals surface area (Å²) in [6.45, 7) is 0.630. The molecule has 47 valence electrons. The Morgan fingerprint density at radius 2 is 2.50 bits per heavy atom. The molecule has 1 aliphatic rings. The van der Waals surface area contributed by atoms with Crippen molar-refractivity contribution in [1.29, 1.82) is 0 Å². The molecule has 0 amide bonds. The summed E-state index contributed by atoms with van der Waals surface area (Å²) in [5, 5.41) is 8.87. The lowest BCUT2D eigenvalue weighted by molar-refractivity contribution is -0.00199. The van der Waals surface area contributed by atoms with Crippen LogP contribution in [0.5, 0.6) is 0 Å². The van der Waals surface area contributed by atoms with E-state index >= 15 is 0 Å². The van der Waals surface area contributed by atoms with Crippen molar-refractivity contribution >= 4 is 11.6 Å². The third kappa shape index (κ3) is 1.34. The molecule has 2 unspecified atom stereocenters. The van der Waals surface area contributed by atoms with Gasteiger partial charge < -0.3 is 9.84 Å². The first-order valence-corrected chi connectivity index (χ1v) is 3.01. The molecule has 8 heavy (non-hydrogen) atoms. The molecule has 1 radical (unpaired) electrons. The van der Waals surface area contributed by atoms with Gasteiger partial charge in [0.2, 0.25) is 0 Å². The SMILES string of the molecule is OC1[CH]CCOC1Cl. The lowest BCUT2D eigenvalue weighted by atomic mass is 10.2. The van der Waals surface area contributed by atoms with Crippen molar-refractivity contribution in [1.82, 2.24) is 0 Å². The van der Waals surface area contributed by atoms with E-state index < -0.39 is 11.7 Å². The van der Waals surface area contributed by atoms with Crippen molar-refractivity contribution in [2.24, 2.45) is 0 Å². The van der Waals surface area contributed by atoms with Gasteiger partial charge in [0.1, 0.15) is 0 Å². The molecule has 1 N–H and O–H groups in total. The minimum atomic E-state index is -0.578. The zero-order chi connectivity index (χ0) is 5.98. The number of hydrogen-bond donors (Lipinski definition) is 1. The topological polar surface area (TPSA) is 29.5 Å². The largest absolute Gasteiger partial charge is 0.389 e. The second-order valence-corrected chi connectivity index (χ2v) is 2.17. The van der Waals surface area contributed by atoms with E-state index in [1.807, 2.05) is 0 Å². The molecule has 1 fully saturated rings. The van der Waals surface area contributed by atoms with Crippen LogP contribution in [0.25, 0.3) is 0 Å². The van der Waals surface area contributed by atoms with E-state index in [4.69, 9.17) is 21.4 Å². The van der Waals surface area contributed by atoms with Crippen LogP contribution < -0.4 is 0 Å². The van der Waals surface area contributed by atoms with Crippen LogP contribution in [0.2, 0.25) is 0 Å². The average Bonchev–Trinajstić information content (AvgIpc) is 1.77. The van der Waals surface area contributed by atoms with Crippen LogP contribution in [0, 0.1) is 6.42 Å². The molecule has 0 saturated carbocycles. The Hall–Kier alpha value is 0.210. The minimum absolute atomic E-state index is 0.524. The van der Waals surface area contributed by atoms with Gasteiger partial charge in [0.25, 0.3) is 0 Å². The molecular formula is C5H8ClO2. The van der Waals surface area contributed by atoms with E-state index in [0.717, 1.165) is 6.42 Å². The molecule has 1 heterocycles. The van der Waals surface area contributed by atoms with E-state index in [-0.39, 0.29) is 0 Å². The minimum Gasteiger partial charge on any atom is -0.389 e. The Bertz CT molecular complexity index is 66.8. The number of hydrogen-bond acceptors (Lipinski definition) is 2. The highest BCUT2D eigenvalue weighted by Gasteiger charge is 2.20. The third-order valence-electron chi connectivity index (χ3n) is 1.07. The van der Waals surface area contributed by atoms with E-state index in [2.05, 4.69) is 0 Å². The highest BCUT2D eigenvalue weighted by atomic mass is 35.5. The predicted molar refractivity (Wildman–Crippen MR) is 30.5 cm³/mol. The predicted octanol–water partition coefficient (Wildman–Crippen LogP) is 0.537. The number of halogens is 1. The fourth-order valence-electron chi connectivity index (χ4n) is 0.625. The maximum absolute atomic E-state index is 8.87. The monoisotopic (exact) mass is 135 g/mol. The molecule has 1 saturated heterocycles. The van der Waals surface area contributed by atoms with E-state index in [1.165, 1.54) is 0 Å². The van der Waals surface area contributed by atoms with Crippen molar-refractivity contribution in [2.45, 2.75) is 18.1 Å². The zero-order valence-corrected chi connectivity index (χ0v) is 5.14. The Morgan fingerprint density at radius 1 is 1.75 bits per heavy atom. The molecule has 3 heteroatoms. The molecule has 0 aromatic carbocycles. The molecular weight excluding hydrogens is 128 g/mol. The van der Waals surface area contributed by atoms with Crippen LogP contribution in [-0.2, 0) is 4.74 Å². The standard InChI is InChI=1S/C5H8ClO2/c6-5-4(7)2-1-3-8-5/h2,4-5,7H,1,3H2. The summed E-state index contributed by atoms with van der Waals surface area (Å²) in [5.41, 5.74) is -0.524. The van der Waals surface area contributed by atoms with Gasteiger partial charge in [-0.2, -0.15) is 0 Å². The normalized spacial score (nSPS) is 39.8. The fourth-order valence-corrected chi connectivity index (χ4v) is 0.817. The summed E-state index contributed by atoms with van der Waals surface area (Å²) in [7, 11) is 0. The number of aliphatic hydroxyl groups excluding tert-OH is 1. The van der Waals surface area contributed by atoms with Crippen molar-refractivity contribution in [2.75, 3.05) is 6.61 Å². The number of alkyl halides is 1. The van der Waals surface area contributed by atoms with Gasteiger partial charge >= 0.3 is 0 Å². The molecule has 0 spiro atoms. The number of rotatable bonds is 0. The van der Waals surface area contributed by atoms with E-state index in [0.29, 0.717) is 6.61 Å². The Morgan fingerprint density at radius 3 is 2.88 bits per heavy atom. The Labute approximate surface area is 53.4 Å². The van der Waals surface area contributed by atoms with Crippen LogP contribution in [0.3, 0.4) is 0 Å². The fraction of sp³-hybridized carbons (Fsp3) is 0.800. The maximum atomic E-state index is 8.87. The first kappa shape index (κ1) is 6.33. The summed E-state index contributed by atoms with van der Waals surface area (Å²) < 4.78 is 4.87. The van der Waals surface area contributed by atoms with Crippen molar-refractivity contribution in [3.63, 3.8) is 0 Å². The van der Waals surface area contributed by atoms with Gasteiger partial charge in [-0.05, 0) is 12.8 Å². The number of ether oxygens (including phenoxy) is 1. The van der Waals surface area contributed by atoms with Gasteiger partial charge in [-0.3, -0.25) is 0 Å². The van der Waals surface area contributed by atoms with Gasteiger partial charge in [0.15, 0.2) is 5.56 Å². The highest BCUT2D eigenvalue weighted by molar-refractivity contribution is 6.20. The van der Waals surface area contributed by atoms with Gasteiger partial charge in [-0.1, -0.05) is 11.6 Å². The number of aliphatic hydroxyl groups is 1. The molecule has 0 bridgehead atoms. The quantitative estimate of drug-likeness (QED) is 0.492. The van der Waals surface area contributed by atoms with Crippen LogP contribution in [0.15, 0.2) is 0 Å². The molecule has 0 aliphatic carbocycles. The van der Waals surface area contributed by atoms with Gasteiger partial charge in [-0.25, -0.2) is 0 Å². The smallest absolute Gasteiger partial charge is 0.157 e. The molecule has 1 rings (SSSR count). The van der Waals surface area contributed by atoms with Crippen molar-refractivity contribution < 1.29 is 9.84 Å². The first-order valence-electron chi connectivity index (χ1n) is 2.58. The summed E-state index contributed by atoms with van der Waals surface area (Å²) in [6.07, 6.45) is 1.97. The average molecular weight is 136 g/mol. The zero-order valence-electron chi connectivity index (χ0n) is 4.38. The second kappa shape index (κ2) is 2.67. The van der Waals surface area contributed by atoms with Crippen molar-refractivity contribution in [3.8, 4) is 0 Å². The maximum Gasteiger partial charge on any atom is 0.157 e. The summed E-state index contributed by atoms with van der Waals surface area (Å²) in [4.78, 5) is 0. The summed E-state index contributed by atoms with van der Waals surface area (Å²) >= 11 is 5.46. The van der Waals surface area contributed by atoms with E-state index in [9.17, 15) is 0 Å². The Balaban J connectivity index is 2.28. The summed E-state index contributed by atoms with van der Waals surface area (Å²) in [5.74, 6) is 0. The Kier molecular flexibility index (Phi) is 2.11. The molecule has 2 nitrogen and oxygen atoms in total. The van der Waals surface area contributed by atoms with Crippen LogP contribution in [0.1, 0.15) is 6.42 Å². The van der Waals surface area contributed by atoms with Crippen LogP contribution in [-0.4, -0.2) is 23.4 Å². The summed E-state index contributed by atoms with van der Waals surface area (Å²) in [6, 6.07) is 0. The molecule has 0 aromatic heterocycles. The van der Waals surface area contributed by atoms with Gasteiger partial charge in [0.05, 0.1) is 6.10 Å². The third-order valence-corrected chi connectivity index (χ3v) is 1.46. The first-order chi connectivity index (χ1) is 3.80. The lowest BCUT2D eigenvalue weighted by Gasteiger charge is -2.21. The highest BCUT2D eigenvalue weighted by Crippen LogP contribution is 2.14. The second-order valence-electron chi connectivity index (χ2n) is 1.74. The van der Waals surface area contributed by atoms with Gasteiger partial charge in [0, 0.05) is 6.61 Å². The van der Waals surface area contributed by atoms with Gasteiger partial charge in [-0.15, -0.1) is 0 Å². The molecule has 0 aromatic rings. The molecule has 1 aliphatic heterocycles. The lowest BCUT2D eigenvalue weighted by Crippen LogP contribution is -2.29. The van der Waals surface area contributed by atoms with Crippen LogP contribution >= 0.6 is 11.6 Å².